The summed E-state index contributed by atoms with van der Waals surface area (Å²) in [6.07, 6.45) is 0.327. The van der Waals surface area contributed by atoms with Crippen molar-refractivity contribution in [3.05, 3.63) is 29.8 Å². The number of hydrogen-bond acceptors (Lipinski definition) is 4. The van der Waals surface area contributed by atoms with Crippen LogP contribution in [0.15, 0.2) is 24.3 Å². The molecule has 1 aromatic carbocycles. The number of nitrogen functional groups attached to an aromatic ring is 1. The Labute approximate surface area is 119 Å². The lowest BCUT2D eigenvalue weighted by molar-refractivity contribution is -0.123. The molecule has 0 heterocycles. The highest BCUT2D eigenvalue weighted by Gasteiger charge is 2.12. The van der Waals surface area contributed by atoms with Gasteiger partial charge in [-0.3, -0.25) is 14.5 Å². The van der Waals surface area contributed by atoms with Crippen molar-refractivity contribution in [2.45, 2.75) is 19.9 Å². The summed E-state index contributed by atoms with van der Waals surface area (Å²) in [5.74, 6) is -0.460. The van der Waals surface area contributed by atoms with Crippen molar-refractivity contribution in [3.63, 3.8) is 0 Å². The molecule has 0 fully saturated rings. The van der Waals surface area contributed by atoms with Gasteiger partial charge in [0, 0.05) is 31.7 Å². The molecule has 0 atom stereocenters. The Balaban J connectivity index is 2.62. The van der Waals surface area contributed by atoms with Gasteiger partial charge in [-0.05, 0) is 18.6 Å². The fourth-order valence-corrected chi connectivity index (χ4v) is 1.90. The van der Waals surface area contributed by atoms with Crippen molar-refractivity contribution in [2.24, 2.45) is 5.73 Å². The van der Waals surface area contributed by atoms with Crippen LogP contribution in [-0.2, 0) is 16.1 Å². The Hall–Kier alpha value is -2.08. The number of benzene rings is 1. The largest absolute Gasteiger partial charge is 0.398 e. The topological polar surface area (TPSA) is 101 Å². The number of rotatable bonds is 8. The predicted molar refractivity (Wildman–Crippen MR) is 78.6 cm³/mol. The number of amides is 2. The van der Waals surface area contributed by atoms with E-state index in [0.29, 0.717) is 31.7 Å². The minimum atomic E-state index is -0.421. The van der Waals surface area contributed by atoms with Gasteiger partial charge in [0.15, 0.2) is 0 Å². The lowest BCUT2D eigenvalue weighted by Crippen LogP contribution is -2.36. The van der Waals surface area contributed by atoms with Crippen molar-refractivity contribution in [1.29, 1.82) is 0 Å². The van der Waals surface area contributed by atoms with Crippen molar-refractivity contribution < 1.29 is 9.59 Å². The van der Waals surface area contributed by atoms with E-state index >= 15 is 0 Å². The van der Waals surface area contributed by atoms with Gasteiger partial charge >= 0.3 is 0 Å². The number of anilines is 1. The number of nitrogens with zero attached hydrogens (tertiary/aromatic N) is 1. The smallest absolute Gasteiger partial charge is 0.231 e. The van der Waals surface area contributed by atoms with Gasteiger partial charge < -0.3 is 16.8 Å². The van der Waals surface area contributed by atoms with Crippen LogP contribution in [0.2, 0.25) is 0 Å². The van der Waals surface area contributed by atoms with E-state index in [-0.39, 0.29) is 12.5 Å². The van der Waals surface area contributed by atoms with E-state index in [4.69, 9.17) is 11.5 Å². The molecule has 0 saturated carbocycles. The Morgan fingerprint density at radius 2 is 2.00 bits per heavy atom. The highest BCUT2D eigenvalue weighted by Crippen LogP contribution is 2.13. The van der Waals surface area contributed by atoms with Gasteiger partial charge in [-0.15, -0.1) is 0 Å². The van der Waals surface area contributed by atoms with Crippen LogP contribution in [0, 0.1) is 0 Å². The standard InChI is InChI=1S/C14H22N4O2/c1-2-17-14(20)7-8-18(10-13(16)19)9-11-5-3-4-6-12(11)15/h3-6H,2,7-10,15H2,1H3,(H2,16,19)(H,17,20). The van der Waals surface area contributed by atoms with Gasteiger partial charge in [-0.25, -0.2) is 0 Å². The molecule has 1 rings (SSSR count). The molecule has 1 aromatic rings. The van der Waals surface area contributed by atoms with E-state index < -0.39 is 5.91 Å². The molecule has 6 nitrogen and oxygen atoms in total. The molecule has 0 aliphatic rings. The lowest BCUT2D eigenvalue weighted by Gasteiger charge is -2.21. The Bertz CT molecular complexity index is 462. The van der Waals surface area contributed by atoms with Crippen LogP contribution in [0.4, 0.5) is 5.69 Å². The normalized spacial score (nSPS) is 10.5. The fourth-order valence-electron chi connectivity index (χ4n) is 1.90. The van der Waals surface area contributed by atoms with E-state index in [1.54, 1.807) is 0 Å². The molecule has 20 heavy (non-hydrogen) atoms. The van der Waals surface area contributed by atoms with E-state index in [0.717, 1.165) is 5.56 Å². The molecule has 6 heteroatoms. The number of hydrogen-bond donors (Lipinski definition) is 3. The minimum absolute atomic E-state index is 0.0389. The first-order chi connectivity index (χ1) is 9.52. The predicted octanol–water partition coefficient (Wildman–Crippen LogP) is 0.0823. The fraction of sp³-hybridized carbons (Fsp3) is 0.429. The van der Waals surface area contributed by atoms with Gasteiger partial charge in [0.2, 0.25) is 11.8 Å². The van der Waals surface area contributed by atoms with Gasteiger partial charge in [-0.1, -0.05) is 18.2 Å². The number of primary amides is 1. The molecule has 0 aliphatic heterocycles. The Kier molecular flexibility index (Phi) is 6.52. The zero-order valence-electron chi connectivity index (χ0n) is 11.8. The summed E-state index contributed by atoms with van der Waals surface area (Å²) >= 11 is 0. The van der Waals surface area contributed by atoms with Crippen LogP contribution in [0.3, 0.4) is 0 Å². The monoisotopic (exact) mass is 278 g/mol. The van der Waals surface area contributed by atoms with Crippen LogP contribution < -0.4 is 16.8 Å². The molecule has 0 aromatic heterocycles. The Morgan fingerprint density at radius 3 is 2.60 bits per heavy atom. The molecule has 0 radical (unpaired) electrons. The third kappa shape index (κ3) is 5.71. The molecule has 2 amide bonds. The number of para-hydroxylation sites is 1. The molecular weight excluding hydrogens is 256 g/mol. The molecule has 5 N–H and O–H groups in total. The quantitative estimate of drug-likeness (QED) is 0.586. The number of carbonyl (C=O) groups excluding carboxylic acids is 2. The average Bonchev–Trinajstić information content (AvgIpc) is 2.38. The average molecular weight is 278 g/mol. The van der Waals surface area contributed by atoms with Crippen molar-refractivity contribution in [2.75, 3.05) is 25.4 Å². The van der Waals surface area contributed by atoms with Crippen molar-refractivity contribution in [1.82, 2.24) is 10.2 Å². The van der Waals surface area contributed by atoms with Gasteiger partial charge in [0.1, 0.15) is 0 Å². The first-order valence-electron chi connectivity index (χ1n) is 6.63. The second kappa shape index (κ2) is 8.16. The minimum Gasteiger partial charge on any atom is -0.398 e. The van der Waals surface area contributed by atoms with Gasteiger partial charge in [0.25, 0.3) is 0 Å². The summed E-state index contributed by atoms with van der Waals surface area (Å²) in [5, 5.41) is 2.72. The number of carbonyl (C=O) groups is 2. The first kappa shape index (κ1) is 16.0. The van der Waals surface area contributed by atoms with Gasteiger partial charge in [-0.2, -0.15) is 0 Å². The summed E-state index contributed by atoms with van der Waals surface area (Å²) in [6.45, 7) is 3.52. The van der Waals surface area contributed by atoms with Crippen molar-refractivity contribution in [3.8, 4) is 0 Å². The van der Waals surface area contributed by atoms with E-state index in [2.05, 4.69) is 5.32 Å². The third-order valence-electron chi connectivity index (χ3n) is 2.86. The maximum atomic E-state index is 11.5. The zero-order chi connectivity index (χ0) is 15.0. The molecule has 0 aliphatic carbocycles. The summed E-state index contributed by atoms with van der Waals surface area (Å²) < 4.78 is 0. The summed E-state index contributed by atoms with van der Waals surface area (Å²) in [4.78, 5) is 24.4. The highest BCUT2D eigenvalue weighted by atomic mass is 16.2. The summed E-state index contributed by atoms with van der Waals surface area (Å²) in [5.41, 5.74) is 12.7. The SMILES string of the molecule is CCNC(=O)CCN(CC(N)=O)Cc1ccccc1N. The maximum Gasteiger partial charge on any atom is 0.231 e. The zero-order valence-corrected chi connectivity index (χ0v) is 11.8. The second-order valence-electron chi connectivity index (χ2n) is 4.58. The van der Waals surface area contributed by atoms with Crippen LogP contribution in [-0.4, -0.2) is 36.3 Å². The van der Waals surface area contributed by atoms with Crippen LogP contribution in [0.1, 0.15) is 18.9 Å². The maximum absolute atomic E-state index is 11.5. The van der Waals surface area contributed by atoms with Crippen molar-refractivity contribution >= 4 is 17.5 Å². The summed E-state index contributed by atoms with van der Waals surface area (Å²) in [7, 11) is 0. The number of nitrogens with two attached hydrogens (primary N) is 2. The molecular formula is C14H22N4O2. The van der Waals surface area contributed by atoms with Gasteiger partial charge in [0.05, 0.1) is 6.54 Å². The lowest BCUT2D eigenvalue weighted by atomic mass is 10.1. The Morgan fingerprint density at radius 1 is 1.30 bits per heavy atom. The van der Waals surface area contributed by atoms with E-state index in [1.807, 2.05) is 36.1 Å². The molecule has 0 spiro atoms. The molecule has 110 valence electrons. The van der Waals surface area contributed by atoms with E-state index in [9.17, 15) is 9.59 Å². The van der Waals surface area contributed by atoms with Crippen LogP contribution in [0.5, 0.6) is 0 Å². The molecule has 0 unspecified atom stereocenters. The number of nitrogens with one attached hydrogen (secondary N) is 1. The van der Waals surface area contributed by atoms with Crippen LogP contribution >= 0.6 is 0 Å². The molecule has 0 bridgehead atoms. The highest BCUT2D eigenvalue weighted by molar-refractivity contribution is 5.77. The van der Waals surface area contributed by atoms with Crippen LogP contribution in [0.25, 0.3) is 0 Å². The second-order valence-corrected chi connectivity index (χ2v) is 4.58. The molecule has 0 saturated heterocycles. The van der Waals surface area contributed by atoms with E-state index in [1.165, 1.54) is 0 Å². The third-order valence-corrected chi connectivity index (χ3v) is 2.86. The summed E-state index contributed by atoms with van der Waals surface area (Å²) in [6, 6.07) is 7.45. The first-order valence-corrected chi connectivity index (χ1v) is 6.63.